The minimum absolute atomic E-state index is 1.26. The van der Waals surface area contributed by atoms with Crippen LogP contribution in [0.3, 0.4) is 0 Å². The van der Waals surface area contributed by atoms with Gasteiger partial charge in [-0.3, -0.25) is 0 Å². The third-order valence-corrected chi connectivity index (χ3v) is 14.3. The first kappa shape index (κ1) is 28.2. The van der Waals surface area contributed by atoms with E-state index in [1.807, 2.05) is 34.0 Å². The van der Waals surface area contributed by atoms with Crippen LogP contribution < -0.4 is 0 Å². The molecule has 3 heteroatoms. The zero-order valence-corrected chi connectivity index (χ0v) is 29.7. The third kappa shape index (κ3) is 4.00. The van der Waals surface area contributed by atoms with Gasteiger partial charge in [0.15, 0.2) is 0 Å². The van der Waals surface area contributed by atoms with Gasteiger partial charge in [0.2, 0.25) is 0 Å². The Morgan fingerprint density at radius 1 is 0.255 bits per heavy atom. The van der Waals surface area contributed by atoms with E-state index in [1.165, 1.54) is 115 Å². The van der Waals surface area contributed by atoms with Crippen LogP contribution in [0.25, 0.3) is 115 Å². The first-order valence-electron chi connectivity index (χ1n) is 17.3. The lowest BCUT2D eigenvalue weighted by atomic mass is 9.85. The second kappa shape index (κ2) is 10.5. The molecule has 0 unspecified atom stereocenters. The molecule has 9 aromatic carbocycles. The molecule has 0 spiro atoms. The van der Waals surface area contributed by atoms with Gasteiger partial charge in [0.05, 0.1) is 0 Å². The lowest BCUT2D eigenvalue weighted by Gasteiger charge is -2.18. The molecule has 236 valence electrons. The minimum Gasteiger partial charge on any atom is -0.135 e. The lowest BCUT2D eigenvalue weighted by molar-refractivity contribution is 1.70. The van der Waals surface area contributed by atoms with Gasteiger partial charge >= 0.3 is 0 Å². The molecule has 0 bridgehead atoms. The molecule has 0 saturated heterocycles. The second-order valence-corrected chi connectivity index (χ2v) is 16.8. The summed E-state index contributed by atoms with van der Waals surface area (Å²) in [5, 5.41) is 15.9. The van der Waals surface area contributed by atoms with Crippen LogP contribution >= 0.6 is 34.0 Å². The highest BCUT2D eigenvalue weighted by molar-refractivity contribution is 7.27. The Morgan fingerprint density at radius 2 is 0.725 bits per heavy atom. The second-order valence-electron chi connectivity index (χ2n) is 13.6. The number of hydrogen-bond donors (Lipinski definition) is 0. The minimum atomic E-state index is 1.26. The van der Waals surface area contributed by atoms with E-state index in [1.54, 1.807) is 0 Å². The van der Waals surface area contributed by atoms with Crippen molar-refractivity contribution in [3.05, 3.63) is 158 Å². The molecule has 0 aliphatic heterocycles. The van der Waals surface area contributed by atoms with Crippen LogP contribution in [0.5, 0.6) is 0 Å². The maximum absolute atomic E-state index is 2.45. The summed E-state index contributed by atoms with van der Waals surface area (Å²) in [6.45, 7) is 0. The summed E-state index contributed by atoms with van der Waals surface area (Å²) in [5.41, 5.74) is 5.15. The SMILES string of the molecule is c1ccc2c(c1)sc1cc(-c3c4ccccc4c(-c4ccc5sc6c7cc8sc9ccccc9c8cc7ccc6c5c4)c4ccccc34)ccc12. The average molecular weight is 699 g/mol. The van der Waals surface area contributed by atoms with E-state index in [0.29, 0.717) is 0 Å². The monoisotopic (exact) mass is 698 g/mol. The predicted octanol–water partition coefficient (Wildman–Crippen LogP) is 15.6. The standard InChI is InChI=1S/C48H26S3/c1-3-13-35-33(11-1)46(34-12-2-4-14-36(34)47(35)29-18-20-32-30-9-5-7-15-41(30)49-44(32)25-29)28-19-22-43-40(24-28)37-21-17-27-23-39-31-10-6-8-16-42(31)50-45(39)26-38(27)48(37)51-43/h1-26H. The molecule has 0 radical (unpaired) electrons. The van der Waals surface area contributed by atoms with Gasteiger partial charge in [-0.1, -0.05) is 115 Å². The van der Waals surface area contributed by atoms with Crippen LogP contribution in [0, 0.1) is 0 Å². The van der Waals surface area contributed by atoms with Gasteiger partial charge in [-0.15, -0.1) is 34.0 Å². The summed E-state index contributed by atoms with van der Waals surface area (Å²) in [5.74, 6) is 0. The Labute approximate surface area is 305 Å². The van der Waals surface area contributed by atoms with Gasteiger partial charge in [0, 0.05) is 65.9 Å². The number of hydrogen-bond acceptors (Lipinski definition) is 3. The van der Waals surface area contributed by atoms with E-state index in [-0.39, 0.29) is 0 Å². The van der Waals surface area contributed by atoms with Crippen molar-refractivity contribution in [3.63, 3.8) is 0 Å². The first-order valence-corrected chi connectivity index (χ1v) is 19.8. The zero-order chi connectivity index (χ0) is 33.2. The van der Waals surface area contributed by atoms with Crippen molar-refractivity contribution in [2.75, 3.05) is 0 Å². The highest BCUT2D eigenvalue weighted by atomic mass is 32.1. The number of thiophene rings is 3. The van der Waals surface area contributed by atoms with Crippen molar-refractivity contribution >= 4 is 127 Å². The third-order valence-electron chi connectivity index (χ3n) is 10.8. The number of rotatable bonds is 2. The van der Waals surface area contributed by atoms with Crippen molar-refractivity contribution in [2.24, 2.45) is 0 Å². The van der Waals surface area contributed by atoms with Crippen molar-refractivity contribution in [1.82, 2.24) is 0 Å². The largest absolute Gasteiger partial charge is 0.135 e. The molecular weight excluding hydrogens is 673 g/mol. The Bertz CT molecular complexity index is 3370. The molecule has 0 aliphatic rings. The molecular formula is C48H26S3. The Kier molecular flexibility index (Phi) is 5.78. The van der Waals surface area contributed by atoms with E-state index in [4.69, 9.17) is 0 Å². The topological polar surface area (TPSA) is 0 Å². The van der Waals surface area contributed by atoms with E-state index in [9.17, 15) is 0 Å². The molecule has 0 atom stereocenters. The molecule has 3 heterocycles. The summed E-state index contributed by atoms with van der Waals surface area (Å²) < 4.78 is 8.10. The smallest absolute Gasteiger partial charge is 0.0434 e. The fraction of sp³-hybridized carbons (Fsp3) is 0. The average Bonchev–Trinajstić information content (AvgIpc) is 3.86. The highest BCUT2D eigenvalue weighted by Crippen LogP contribution is 2.48. The van der Waals surface area contributed by atoms with E-state index in [0.717, 1.165) is 0 Å². The van der Waals surface area contributed by atoms with Gasteiger partial charge in [0.1, 0.15) is 0 Å². The van der Waals surface area contributed by atoms with Crippen LogP contribution in [0.1, 0.15) is 0 Å². The Morgan fingerprint density at radius 3 is 1.39 bits per heavy atom. The quantitative estimate of drug-likeness (QED) is 0.158. The van der Waals surface area contributed by atoms with Gasteiger partial charge in [-0.2, -0.15) is 0 Å². The van der Waals surface area contributed by atoms with E-state index in [2.05, 4.69) is 158 Å². The van der Waals surface area contributed by atoms with Crippen LogP contribution in [-0.4, -0.2) is 0 Å². The maximum Gasteiger partial charge on any atom is 0.0434 e. The number of fused-ring (bicyclic) bond motifs is 13. The van der Waals surface area contributed by atoms with Crippen molar-refractivity contribution in [1.29, 1.82) is 0 Å². The summed E-state index contributed by atoms with van der Waals surface area (Å²) in [6, 6.07) is 59.3. The molecule has 0 fully saturated rings. The molecule has 0 nitrogen and oxygen atoms in total. The zero-order valence-electron chi connectivity index (χ0n) is 27.2. The molecule has 12 rings (SSSR count). The van der Waals surface area contributed by atoms with Crippen LogP contribution in [0.2, 0.25) is 0 Å². The van der Waals surface area contributed by atoms with Gasteiger partial charge in [-0.25, -0.2) is 0 Å². The Hall–Kier alpha value is -5.58. The summed E-state index contributed by atoms with van der Waals surface area (Å²) in [6.07, 6.45) is 0. The van der Waals surface area contributed by atoms with Crippen LogP contribution in [0.15, 0.2) is 158 Å². The molecule has 51 heavy (non-hydrogen) atoms. The van der Waals surface area contributed by atoms with Crippen molar-refractivity contribution in [2.45, 2.75) is 0 Å². The summed E-state index contributed by atoms with van der Waals surface area (Å²) >= 11 is 5.71. The molecule has 0 aliphatic carbocycles. The van der Waals surface area contributed by atoms with Crippen LogP contribution in [-0.2, 0) is 0 Å². The fourth-order valence-corrected chi connectivity index (χ4v) is 12.0. The van der Waals surface area contributed by atoms with Crippen LogP contribution in [0.4, 0.5) is 0 Å². The summed E-state index contributed by atoms with van der Waals surface area (Å²) in [7, 11) is 0. The molecule has 3 aromatic heterocycles. The van der Waals surface area contributed by atoms with Gasteiger partial charge in [-0.05, 0) is 91.6 Å². The molecule has 0 N–H and O–H groups in total. The molecule has 0 saturated carbocycles. The van der Waals surface area contributed by atoms with Crippen molar-refractivity contribution in [3.8, 4) is 22.3 Å². The fourth-order valence-electron chi connectivity index (χ4n) is 8.57. The predicted molar refractivity (Wildman–Crippen MR) is 228 cm³/mol. The Balaban J connectivity index is 1.10. The normalized spacial score (nSPS) is 12.3. The van der Waals surface area contributed by atoms with Crippen molar-refractivity contribution < 1.29 is 0 Å². The maximum atomic E-state index is 2.45. The van der Waals surface area contributed by atoms with E-state index < -0.39 is 0 Å². The summed E-state index contributed by atoms with van der Waals surface area (Å²) in [4.78, 5) is 0. The number of benzene rings is 9. The highest BCUT2D eigenvalue weighted by Gasteiger charge is 2.19. The van der Waals surface area contributed by atoms with E-state index >= 15 is 0 Å². The first-order chi connectivity index (χ1) is 25.3. The van der Waals surface area contributed by atoms with Gasteiger partial charge < -0.3 is 0 Å². The molecule has 12 aromatic rings. The lowest BCUT2D eigenvalue weighted by Crippen LogP contribution is -1.90. The molecule has 0 amide bonds. The van der Waals surface area contributed by atoms with Gasteiger partial charge in [0.25, 0.3) is 0 Å².